The van der Waals surface area contributed by atoms with Gasteiger partial charge in [-0.05, 0) is 0 Å². The van der Waals surface area contributed by atoms with Crippen LogP contribution in [0.25, 0.3) is 17.2 Å². The van der Waals surface area contributed by atoms with E-state index in [-0.39, 0.29) is 0 Å². The molecule has 0 atom stereocenters. The first-order valence-corrected chi connectivity index (χ1v) is 14.8. The Morgan fingerprint density at radius 1 is 0.545 bits per heavy atom. The second-order valence-corrected chi connectivity index (χ2v) is 9.74. The minimum atomic E-state index is 0.617. The second-order valence-electron chi connectivity index (χ2n) is 8.84. The molecule has 1 aliphatic rings. The van der Waals surface area contributed by atoms with Crippen LogP contribution >= 0.6 is 0 Å². The second kappa shape index (κ2) is 39.2. The average molecular weight is 501 g/mol. The molecular weight excluding hydrogens is 441 g/mol. The molecule has 0 aromatic carbocycles. The molecule has 4 heteroatoms. The Morgan fingerprint density at radius 2 is 0.848 bits per heavy atom. The van der Waals surface area contributed by atoms with Gasteiger partial charge >= 0.3 is 46.4 Å². The summed E-state index contributed by atoms with van der Waals surface area (Å²) in [6.07, 6.45) is 30.8. The van der Waals surface area contributed by atoms with Gasteiger partial charge in [0, 0.05) is 0 Å². The van der Waals surface area contributed by atoms with E-state index in [2.05, 4.69) is 56.4 Å². The monoisotopic (exact) mass is 500 g/mol. The van der Waals surface area contributed by atoms with E-state index in [1.807, 2.05) is 0 Å². The predicted molar refractivity (Wildman–Crippen MR) is 150 cm³/mol. The zero-order chi connectivity index (χ0) is 25.3. The Kier molecular flexibility index (Phi) is 44.5. The Bertz CT molecular complexity index is 319. The van der Waals surface area contributed by atoms with Crippen LogP contribution in [0.1, 0.15) is 143 Å². The summed E-state index contributed by atoms with van der Waals surface area (Å²) in [7, 11) is 0. The van der Waals surface area contributed by atoms with E-state index in [9.17, 15) is 0 Å². The van der Waals surface area contributed by atoms with Crippen molar-refractivity contribution in [2.45, 2.75) is 143 Å². The van der Waals surface area contributed by atoms with Crippen molar-refractivity contribution < 1.29 is 17.4 Å². The maximum absolute atomic E-state index is 6.88. The zero-order valence-corrected chi connectivity index (χ0v) is 24.1. The Labute approximate surface area is 219 Å². The van der Waals surface area contributed by atoms with Crippen molar-refractivity contribution in [3.63, 3.8) is 0 Å². The quantitative estimate of drug-likeness (QED) is 0.168. The van der Waals surface area contributed by atoms with Gasteiger partial charge in [-0.2, -0.15) is 19.6 Å². The van der Waals surface area contributed by atoms with Crippen LogP contribution in [0.3, 0.4) is 0 Å². The topological polar surface area (TPSA) is 71.4 Å². The molecule has 0 aromatic rings. The standard InChI is InChI=1S/3C8H18N.C5H5.V/c3*1-2-3-4-5-6-7-8-9;1-2-4-5-3-1;/h3*9H,2-8H2,1H3;1-3H,4H2;/q3*-1;;+3. The van der Waals surface area contributed by atoms with Crippen molar-refractivity contribution in [3.8, 4) is 0 Å². The number of unbranched alkanes of at least 4 members (excludes halogenated alkanes) is 15. The molecular formula is C29H59N3V. The van der Waals surface area contributed by atoms with Crippen molar-refractivity contribution in [1.82, 2.24) is 0 Å². The van der Waals surface area contributed by atoms with E-state index in [0.717, 1.165) is 25.7 Å². The van der Waals surface area contributed by atoms with Gasteiger partial charge in [-0.1, -0.05) is 136 Å². The van der Waals surface area contributed by atoms with Crippen molar-refractivity contribution in [2.75, 3.05) is 19.6 Å². The summed E-state index contributed by atoms with van der Waals surface area (Å²) in [5, 5.41) is 0. The van der Waals surface area contributed by atoms with Crippen molar-refractivity contribution in [1.29, 1.82) is 0 Å². The van der Waals surface area contributed by atoms with Gasteiger partial charge in [0.05, 0.1) is 0 Å². The molecule has 0 amide bonds. The minimum absolute atomic E-state index is 0.617. The van der Waals surface area contributed by atoms with E-state index in [0.29, 0.717) is 19.6 Å². The molecule has 0 radical (unpaired) electrons. The third-order valence-electron chi connectivity index (χ3n) is 5.34. The number of hydrogen-bond donors (Lipinski definition) is 0. The first-order chi connectivity index (χ1) is 16.1. The third kappa shape index (κ3) is 46.0. The Balaban J connectivity index is -0.000000367. The van der Waals surface area contributed by atoms with Gasteiger partial charge in [0.1, 0.15) is 0 Å². The fourth-order valence-corrected chi connectivity index (χ4v) is 3.45. The molecule has 0 aliphatic heterocycles. The Hall–Kier alpha value is -0.0556. The normalized spacial score (nSPS) is 11.6. The fraction of sp³-hybridized carbons (Fsp3) is 0.862. The zero-order valence-electron chi connectivity index (χ0n) is 22.7. The van der Waals surface area contributed by atoms with Crippen LogP contribution in [0.4, 0.5) is 0 Å². The van der Waals surface area contributed by atoms with Gasteiger partial charge in [-0.25, -0.2) is 0 Å². The van der Waals surface area contributed by atoms with Crippen LogP contribution < -0.4 is 0 Å². The van der Waals surface area contributed by atoms with Crippen LogP contribution in [0.15, 0.2) is 22.5 Å². The molecule has 0 aromatic heterocycles. The molecule has 0 saturated heterocycles. The molecule has 0 saturated carbocycles. The maximum atomic E-state index is 6.88. The molecule has 195 valence electrons. The van der Waals surface area contributed by atoms with Crippen LogP contribution in [0.2, 0.25) is 0 Å². The van der Waals surface area contributed by atoms with Crippen LogP contribution in [-0.2, 0) is 17.4 Å². The summed E-state index contributed by atoms with van der Waals surface area (Å²) in [5.41, 5.74) is 20.6. The number of rotatable bonds is 18. The molecule has 0 spiro atoms. The van der Waals surface area contributed by atoms with Gasteiger partial charge in [0.2, 0.25) is 0 Å². The van der Waals surface area contributed by atoms with E-state index >= 15 is 0 Å². The van der Waals surface area contributed by atoms with E-state index in [1.54, 1.807) is 0 Å². The van der Waals surface area contributed by atoms with Crippen molar-refractivity contribution in [2.24, 2.45) is 0 Å². The van der Waals surface area contributed by atoms with Crippen LogP contribution in [0, 0.1) is 0 Å². The van der Waals surface area contributed by atoms with E-state index in [1.165, 1.54) is 101 Å². The number of hydrogen-bond acceptors (Lipinski definition) is 0. The van der Waals surface area contributed by atoms with E-state index < -0.39 is 0 Å². The van der Waals surface area contributed by atoms with Crippen molar-refractivity contribution in [3.05, 3.63) is 39.7 Å². The molecule has 1 aliphatic carbocycles. The van der Waals surface area contributed by atoms with Gasteiger partial charge in [0.25, 0.3) is 0 Å². The fourth-order valence-electron chi connectivity index (χ4n) is 3.15. The van der Waals surface area contributed by atoms with Crippen LogP contribution in [-0.4, -0.2) is 19.6 Å². The van der Waals surface area contributed by atoms with E-state index in [4.69, 9.17) is 17.2 Å². The van der Waals surface area contributed by atoms with Gasteiger partial charge < -0.3 is 17.2 Å². The molecule has 0 fully saturated rings. The summed E-state index contributed by atoms with van der Waals surface area (Å²) in [4.78, 5) is 0. The molecule has 0 heterocycles. The summed E-state index contributed by atoms with van der Waals surface area (Å²) >= 11 is 2.54. The predicted octanol–water partition coefficient (Wildman–Crippen LogP) is 11.6. The van der Waals surface area contributed by atoms with Crippen LogP contribution in [0.5, 0.6) is 0 Å². The summed E-state index contributed by atoms with van der Waals surface area (Å²) in [6, 6.07) is 0. The summed E-state index contributed by atoms with van der Waals surface area (Å²) in [6.45, 7) is 8.53. The van der Waals surface area contributed by atoms with Gasteiger partial charge in [-0.15, -0.1) is 0 Å². The van der Waals surface area contributed by atoms with Gasteiger partial charge in [0.15, 0.2) is 0 Å². The number of allylic oxidation sites excluding steroid dienone is 4. The molecule has 0 unspecified atom stereocenters. The molecule has 3 N–H and O–H groups in total. The third-order valence-corrected chi connectivity index (χ3v) is 5.86. The first-order valence-electron chi connectivity index (χ1n) is 14.1. The molecule has 0 bridgehead atoms. The first kappa shape index (κ1) is 37.5. The van der Waals surface area contributed by atoms with Crippen molar-refractivity contribution >= 4 is 0 Å². The SMILES string of the molecule is CCCCCCCC[NH-].CCCCCCCC[NH-].CCCCCCCC[NH-].[V+3][C]1=CC=CC1. The average Bonchev–Trinajstić information content (AvgIpc) is 3.31. The Morgan fingerprint density at radius 3 is 1.03 bits per heavy atom. The molecule has 33 heavy (non-hydrogen) atoms. The molecule has 1 rings (SSSR count). The summed E-state index contributed by atoms with van der Waals surface area (Å²) in [5.74, 6) is 0. The molecule has 3 nitrogen and oxygen atoms in total. The number of nitrogens with one attached hydrogen (secondary N) is 3. The summed E-state index contributed by atoms with van der Waals surface area (Å²) < 4.78 is 1.41. The van der Waals surface area contributed by atoms with Gasteiger partial charge in [-0.3, -0.25) is 0 Å².